The lowest BCUT2D eigenvalue weighted by atomic mass is 9.91. The van der Waals surface area contributed by atoms with E-state index < -0.39 is 0 Å². The molecule has 142 valence electrons. The largest absolute Gasteiger partial charge is 0.352 e. The van der Waals surface area contributed by atoms with Crippen LogP contribution in [0.5, 0.6) is 0 Å². The minimum absolute atomic E-state index is 0.146. The minimum atomic E-state index is 0.146. The molecule has 26 heavy (non-hydrogen) atoms. The maximum absolute atomic E-state index is 12.0. The van der Waals surface area contributed by atoms with Crippen molar-refractivity contribution in [1.82, 2.24) is 15.1 Å². The van der Waals surface area contributed by atoms with Gasteiger partial charge in [0.1, 0.15) is 0 Å². The number of amides is 1. The van der Waals surface area contributed by atoms with Gasteiger partial charge in [-0.25, -0.2) is 0 Å². The summed E-state index contributed by atoms with van der Waals surface area (Å²) >= 11 is 0. The van der Waals surface area contributed by atoms with Gasteiger partial charge in [0, 0.05) is 44.3 Å². The number of nitrogens with zero attached hydrogens (tertiary/aromatic N) is 2. The highest BCUT2D eigenvalue weighted by Crippen LogP contribution is 2.24. The van der Waals surface area contributed by atoms with Crippen LogP contribution in [-0.2, 0) is 11.3 Å². The van der Waals surface area contributed by atoms with Gasteiger partial charge in [0.25, 0.3) is 0 Å². The molecule has 5 heteroatoms. The predicted molar refractivity (Wildman–Crippen MR) is 104 cm³/mol. The lowest BCUT2D eigenvalue weighted by Gasteiger charge is -2.35. The van der Waals surface area contributed by atoms with Crippen molar-refractivity contribution in [2.75, 3.05) is 32.7 Å². The van der Waals surface area contributed by atoms with Crippen molar-refractivity contribution in [2.45, 2.75) is 53.1 Å². The van der Waals surface area contributed by atoms with Crippen molar-refractivity contribution in [3.63, 3.8) is 0 Å². The fourth-order valence-corrected chi connectivity index (χ4v) is 4.04. The fourth-order valence-electron chi connectivity index (χ4n) is 4.04. The van der Waals surface area contributed by atoms with Crippen molar-refractivity contribution in [3.8, 4) is 0 Å². The van der Waals surface area contributed by atoms with Gasteiger partial charge in [0.05, 0.1) is 6.54 Å². The summed E-state index contributed by atoms with van der Waals surface area (Å²) in [5, 5.41) is 3.06. The molecule has 3 rings (SSSR count). The standard InChI is InChI=1S/C21H31N3O2/c1-14-11-15(2)21(17(4)25)16(3)19(14)12-23-7-9-24(10-8-23)13-20(26)22-18-5-6-18/h11,18H,5-10,12-13H2,1-4H3,(H,22,26). The number of carbonyl (C=O) groups is 2. The number of aryl methyl sites for hydroxylation is 2. The first-order chi connectivity index (χ1) is 12.3. The third-order valence-electron chi connectivity index (χ3n) is 5.64. The van der Waals surface area contributed by atoms with Gasteiger partial charge in [0.15, 0.2) is 5.78 Å². The molecule has 1 aliphatic heterocycles. The molecule has 5 nitrogen and oxygen atoms in total. The van der Waals surface area contributed by atoms with Crippen LogP contribution < -0.4 is 5.32 Å². The van der Waals surface area contributed by atoms with Crippen molar-refractivity contribution >= 4 is 11.7 Å². The van der Waals surface area contributed by atoms with Gasteiger partial charge in [-0.05, 0) is 62.8 Å². The first-order valence-corrected chi connectivity index (χ1v) is 9.70. The Morgan fingerprint density at radius 3 is 2.23 bits per heavy atom. The molecule has 2 aliphatic rings. The highest BCUT2D eigenvalue weighted by molar-refractivity contribution is 5.97. The highest BCUT2D eigenvalue weighted by Gasteiger charge is 2.25. The van der Waals surface area contributed by atoms with Gasteiger partial charge in [-0.15, -0.1) is 0 Å². The average Bonchev–Trinajstić information content (AvgIpc) is 3.36. The molecular weight excluding hydrogens is 326 g/mol. The summed E-state index contributed by atoms with van der Waals surface area (Å²) in [6.07, 6.45) is 2.27. The van der Waals surface area contributed by atoms with E-state index >= 15 is 0 Å². The summed E-state index contributed by atoms with van der Waals surface area (Å²) in [6.45, 7) is 13.0. The number of benzene rings is 1. The molecule has 1 saturated heterocycles. The topological polar surface area (TPSA) is 52.7 Å². The van der Waals surface area contributed by atoms with E-state index in [-0.39, 0.29) is 11.7 Å². The SMILES string of the molecule is CC(=O)c1c(C)cc(C)c(CN2CCN(CC(=O)NC3CC3)CC2)c1C. The Labute approximate surface area is 156 Å². The van der Waals surface area contributed by atoms with Crippen LogP contribution in [0.1, 0.15) is 52.4 Å². The van der Waals surface area contributed by atoms with Crippen LogP contribution in [0.3, 0.4) is 0 Å². The molecule has 0 aromatic heterocycles. The molecular formula is C21H31N3O2. The molecule has 1 aromatic rings. The van der Waals surface area contributed by atoms with Crippen molar-refractivity contribution < 1.29 is 9.59 Å². The summed E-state index contributed by atoms with van der Waals surface area (Å²) in [5.41, 5.74) is 5.61. The average molecular weight is 357 g/mol. The van der Waals surface area contributed by atoms with E-state index in [0.717, 1.165) is 62.3 Å². The van der Waals surface area contributed by atoms with Crippen LogP contribution in [0.25, 0.3) is 0 Å². The number of rotatable bonds is 6. The zero-order valence-corrected chi connectivity index (χ0v) is 16.5. The molecule has 1 amide bonds. The van der Waals surface area contributed by atoms with Crippen molar-refractivity contribution in [3.05, 3.63) is 33.9 Å². The Hall–Kier alpha value is -1.72. The van der Waals surface area contributed by atoms with E-state index in [0.29, 0.717) is 12.6 Å². The van der Waals surface area contributed by atoms with Gasteiger partial charge >= 0.3 is 0 Å². The van der Waals surface area contributed by atoms with E-state index in [1.165, 1.54) is 11.1 Å². The lowest BCUT2D eigenvalue weighted by Crippen LogP contribution is -2.49. The molecule has 1 aliphatic carbocycles. The number of nitrogens with one attached hydrogen (secondary N) is 1. The molecule has 0 spiro atoms. The summed E-state index contributed by atoms with van der Waals surface area (Å²) < 4.78 is 0. The zero-order chi connectivity index (χ0) is 18.8. The first kappa shape index (κ1) is 19.1. The molecule has 1 heterocycles. The zero-order valence-electron chi connectivity index (χ0n) is 16.5. The fraction of sp³-hybridized carbons (Fsp3) is 0.619. The molecule has 0 atom stereocenters. The summed E-state index contributed by atoms with van der Waals surface area (Å²) in [5.74, 6) is 0.310. The van der Waals surface area contributed by atoms with Crippen LogP contribution >= 0.6 is 0 Å². The molecule has 1 saturated carbocycles. The Bertz CT molecular complexity index is 702. The molecule has 1 aromatic carbocycles. The quantitative estimate of drug-likeness (QED) is 0.793. The van der Waals surface area contributed by atoms with Crippen LogP contribution in [0.2, 0.25) is 0 Å². The number of carbonyl (C=O) groups excluding carboxylic acids is 2. The number of hydrogen-bond acceptors (Lipinski definition) is 4. The van der Waals surface area contributed by atoms with Crippen LogP contribution in [0.4, 0.5) is 0 Å². The Kier molecular flexibility index (Phi) is 5.78. The Morgan fingerprint density at radius 1 is 1.04 bits per heavy atom. The third kappa shape index (κ3) is 4.51. The monoisotopic (exact) mass is 357 g/mol. The molecule has 1 N–H and O–H groups in total. The first-order valence-electron chi connectivity index (χ1n) is 9.70. The van der Waals surface area contributed by atoms with E-state index in [9.17, 15) is 9.59 Å². The van der Waals surface area contributed by atoms with E-state index in [4.69, 9.17) is 0 Å². The molecule has 0 unspecified atom stereocenters. The molecule has 2 fully saturated rings. The number of ketones is 1. The third-order valence-corrected chi connectivity index (χ3v) is 5.64. The molecule has 0 bridgehead atoms. The van der Waals surface area contributed by atoms with Crippen molar-refractivity contribution in [2.24, 2.45) is 0 Å². The maximum Gasteiger partial charge on any atom is 0.234 e. The van der Waals surface area contributed by atoms with E-state index in [2.05, 4.69) is 35.0 Å². The van der Waals surface area contributed by atoms with Gasteiger partial charge < -0.3 is 5.32 Å². The summed E-state index contributed by atoms with van der Waals surface area (Å²) in [4.78, 5) is 28.6. The second-order valence-corrected chi connectivity index (χ2v) is 7.94. The lowest BCUT2D eigenvalue weighted by molar-refractivity contribution is -0.122. The smallest absolute Gasteiger partial charge is 0.234 e. The minimum Gasteiger partial charge on any atom is -0.352 e. The summed E-state index contributed by atoms with van der Waals surface area (Å²) in [7, 11) is 0. The van der Waals surface area contributed by atoms with Crippen molar-refractivity contribution in [1.29, 1.82) is 0 Å². The Morgan fingerprint density at radius 2 is 1.65 bits per heavy atom. The van der Waals surface area contributed by atoms with Gasteiger partial charge in [-0.3, -0.25) is 19.4 Å². The predicted octanol–water partition coefficient (Wildman–Crippen LogP) is 2.21. The van der Waals surface area contributed by atoms with Gasteiger partial charge in [0.2, 0.25) is 5.91 Å². The van der Waals surface area contributed by atoms with E-state index in [1.54, 1.807) is 6.92 Å². The normalized spacial score (nSPS) is 18.8. The second kappa shape index (κ2) is 7.89. The van der Waals surface area contributed by atoms with Gasteiger partial charge in [-0.2, -0.15) is 0 Å². The van der Waals surface area contributed by atoms with Gasteiger partial charge in [-0.1, -0.05) is 6.07 Å². The number of Topliss-reactive ketones (excluding diaryl/α,β-unsaturated/α-hetero) is 1. The second-order valence-electron chi connectivity index (χ2n) is 7.94. The number of hydrogen-bond donors (Lipinski definition) is 1. The van der Waals surface area contributed by atoms with E-state index in [1.807, 2.05) is 6.92 Å². The van der Waals surface area contributed by atoms with Crippen LogP contribution in [0, 0.1) is 20.8 Å². The maximum atomic E-state index is 12.0. The molecule has 0 radical (unpaired) electrons. The van der Waals surface area contributed by atoms with Crippen LogP contribution in [-0.4, -0.2) is 60.3 Å². The summed E-state index contributed by atoms with van der Waals surface area (Å²) in [6, 6.07) is 2.57. The highest BCUT2D eigenvalue weighted by atomic mass is 16.2. The van der Waals surface area contributed by atoms with Crippen LogP contribution in [0.15, 0.2) is 6.07 Å². The Balaban J connectivity index is 1.58. The number of piperazine rings is 1.